The van der Waals surface area contributed by atoms with Crippen molar-refractivity contribution >= 4 is 40.6 Å². The molecule has 0 spiro atoms. The van der Waals surface area contributed by atoms with Gasteiger partial charge in [-0.1, -0.05) is 20.8 Å². The van der Waals surface area contributed by atoms with Crippen LogP contribution in [0.1, 0.15) is 50.8 Å². The number of benzene rings is 2. The fourth-order valence-corrected chi connectivity index (χ4v) is 8.04. The number of hydrogen-bond donors (Lipinski definition) is 6. The van der Waals surface area contributed by atoms with E-state index in [0.717, 1.165) is 0 Å². The maximum Gasteiger partial charge on any atom is 0.319 e. The van der Waals surface area contributed by atoms with E-state index in [9.17, 15) is 34.5 Å². The van der Waals surface area contributed by atoms with Crippen molar-refractivity contribution in [2.45, 2.75) is 47.1 Å². The van der Waals surface area contributed by atoms with E-state index < -0.39 is 62.8 Å². The number of fused-ring (bicyclic) bond motifs is 4. The van der Waals surface area contributed by atoms with Crippen LogP contribution in [0, 0.1) is 22.2 Å². The van der Waals surface area contributed by atoms with Gasteiger partial charge in [-0.3, -0.25) is 14.4 Å². The van der Waals surface area contributed by atoms with Crippen LogP contribution in [-0.2, 0) is 27.3 Å². The quantitative estimate of drug-likeness (QED) is 0.259. The molecule has 0 unspecified atom stereocenters. The Balaban J connectivity index is 1.41. The molecule has 1 saturated carbocycles. The molecule has 0 radical (unpaired) electrons. The molecular weight excluding hydrogens is 608 g/mol. The minimum Gasteiger partial charge on any atom is -0.510 e. The highest BCUT2D eigenvalue weighted by atomic mass is 16.7. The number of carbonyl (C=O) groups excluding carboxylic acids is 4. The highest BCUT2D eigenvalue weighted by Crippen LogP contribution is 2.67. The standard InChI is InChI=1S/C34H38N4O9/c1-15-25(39)23(30(35)44)28(42)34(4)29(43)24-27(41)22-18(11-32(24,2)13-33(15,34)3)19(38(5)6)9-16(26(22)40)12-36-31(45)37-17-7-8-20-21(10-17)47-14-46-20/h7-10,15,40-42H,11-14H2,1-6H3,(H2,35,44)(H2,36,37,45)/t15-,32+,33+,34+/m1/s1. The second-order valence-electron chi connectivity index (χ2n) is 13.7. The fraction of sp³-hybridized carbons (Fsp3) is 0.412. The molecule has 13 nitrogen and oxygen atoms in total. The zero-order chi connectivity index (χ0) is 34.4. The summed E-state index contributed by atoms with van der Waals surface area (Å²) in [6.07, 6.45) is 0.410. The summed E-state index contributed by atoms with van der Waals surface area (Å²) in [5, 5.41) is 40.3. The molecule has 3 aliphatic carbocycles. The molecule has 6 rings (SSSR count). The summed E-state index contributed by atoms with van der Waals surface area (Å²) in [5.41, 5.74) is 2.94. The average molecular weight is 647 g/mol. The van der Waals surface area contributed by atoms with Crippen molar-refractivity contribution in [1.82, 2.24) is 5.32 Å². The van der Waals surface area contributed by atoms with E-state index in [1.165, 1.54) is 6.92 Å². The molecule has 1 fully saturated rings. The van der Waals surface area contributed by atoms with Gasteiger partial charge >= 0.3 is 6.03 Å². The van der Waals surface area contributed by atoms with E-state index in [4.69, 9.17) is 15.2 Å². The van der Waals surface area contributed by atoms with Crippen molar-refractivity contribution in [1.29, 1.82) is 0 Å². The van der Waals surface area contributed by atoms with E-state index in [1.54, 1.807) is 52.2 Å². The number of hydrogen-bond acceptors (Lipinski definition) is 10. The second kappa shape index (κ2) is 10.4. The molecule has 0 aromatic heterocycles. The van der Waals surface area contributed by atoms with Gasteiger partial charge < -0.3 is 46.1 Å². The van der Waals surface area contributed by atoms with Gasteiger partial charge in [-0.25, -0.2) is 4.79 Å². The summed E-state index contributed by atoms with van der Waals surface area (Å²) >= 11 is 0. The summed E-state index contributed by atoms with van der Waals surface area (Å²) in [6, 6.07) is 6.10. The van der Waals surface area contributed by atoms with Gasteiger partial charge in [0.15, 0.2) is 23.1 Å². The number of nitrogens with one attached hydrogen (secondary N) is 2. The second-order valence-corrected chi connectivity index (χ2v) is 13.7. The molecule has 13 heteroatoms. The van der Waals surface area contributed by atoms with Gasteiger partial charge in [0.1, 0.15) is 22.8 Å². The van der Waals surface area contributed by atoms with E-state index in [0.29, 0.717) is 28.4 Å². The molecule has 1 heterocycles. The van der Waals surface area contributed by atoms with Crippen LogP contribution in [0.2, 0.25) is 0 Å². The largest absolute Gasteiger partial charge is 0.510 e. The van der Waals surface area contributed by atoms with E-state index in [1.807, 2.05) is 11.8 Å². The molecule has 2 aromatic carbocycles. The van der Waals surface area contributed by atoms with Gasteiger partial charge in [-0.15, -0.1) is 0 Å². The Kier molecular flexibility index (Phi) is 7.04. The van der Waals surface area contributed by atoms with Gasteiger partial charge in [0.2, 0.25) is 6.79 Å². The minimum absolute atomic E-state index is 0.0208. The molecule has 0 bridgehead atoms. The lowest BCUT2D eigenvalue weighted by Crippen LogP contribution is -2.62. The average Bonchev–Trinajstić information content (AvgIpc) is 3.45. The summed E-state index contributed by atoms with van der Waals surface area (Å²) in [6.45, 7) is 6.61. The van der Waals surface area contributed by atoms with Crippen LogP contribution in [0.15, 0.2) is 41.2 Å². The lowest BCUT2D eigenvalue weighted by molar-refractivity contribution is -0.151. The molecule has 7 N–H and O–H groups in total. The summed E-state index contributed by atoms with van der Waals surface area (Å²) < 4.78 is 10.7. The Bertz CT molecular complexity index is 1860. The van der Waals surface area contributed by atoms with Gasteiger partial charge in [0, 0.05) is 60.6 Å². The number of ether oxygens (including phenoxy) is 2. The van der Waals surface area contributed by atoms with Crippen LogP contribution in [0.3, 0.4) is 0 Å². The maximum atomic E-state index is 14.6. The molecule has 47 heavy (non-hydrogen) atoms. The van der Waals surface area contributed by atoms with Crippen molar-refractivity contribution in [2.75, 3.05) is 31.1 Å². The predicted octanol–water partition coefficient (Wildman–Crippen LogP) is 3.84. The van der Waals surface area contributed by atoms with E-state index in [2.05, 4.69) is 10.6 Å². The lowest BCUT2D eigenvalue weighted by Gasteiger charge is -2.60. The highest BCUT2D eigenvalue weighted by molar-refractivity contribution is 6.23. The Morgan fingerprint density at radius 1 is 1.06 bits per heavy atom. The third-order valence-electron chi connectivity index (χ3n) is 10.8. The first-order chi connectivity index (χ1) is 22.0. The van der Waals surface area contributed by atoms with Crippen molar-refractivity contribution in [3.63, 3.8) is 0 Å². The van der Waals surface area contributed by atoms with Crippen LogP contribution >= 0.6 is 0 Å². The number of phenols is 1. The Hall–Kier alpha value is -5.20. The lowest BCUT2D eigenvalue weighted by atomic mass is 9.41. The molecule has 3 amide bonds. The van der Waals surface area contributed by atoms with Gasteiger partial charge in [-0.05, 0) is 48.9 Å². The number of urea groups is 1. The number of anilines is 2. The van der Waals surface area contributed by atoms with E-state index in [-0.39, 0.29) is 48.6 Å². The summed E-state index contributed by atoms with van der Waals surface area (Å²) in [4.78, 5) is 54.8. The number of aromatic hydroxyl groups is 1. The van der Waals surface area contributed by atoms with Crippen molar-refractivity contribution < 1.29 is 44.0 Å². The molecule has 4 atom stereocenters. The number of Topliss-reactive ketones (excluding diaryl/α,β-unsaturated/α-hetero) is 2. The number of nitrogens with two attached hydrogens (primary N) is 1. The Morgan fingerprint density at radius 2 is 1.74 bits per heavy atom. The van der Waals surface area contributed by atoms with Crippen LogP contribution in [0.4, 0.5) is 16.2 Å². The van der Waals surface area contributed by atoms with Crippen molar-refractivity contribution in [3.05, 3.63) is 57.9 Å². The molecule has 2 aromatic rings. The number of aliphatic hydroxyl groups excluding tert-OH is 2. The number of aliphatic hydroxyl groups is 2. The Morgan fingerprint density at radius 3 is 2.40 bits per heavy atom. The normalized spacial score (nSPS) is 27.6. The third-order valence-corrected chi connectivity index (χ3v) is 10.8. The van der Waals surface area contributed by atoms with Crippen molar-refractivity contribution in [3.8, 4) is 17.2 Å². The van der Waals surface area contributed by atoms with Crippen LogP contribution in [-0.4, -0.2) is 59.7 Å². The van der Waals surface area contributed by atoms with Crippen molar-refractivity contribution in [2.24, 2.45) is 27.9 Å². The first-order valence-corrected chi connectivity index (χ1v) is 15.2. The van der Waals surface area contributed by atoms with Gasteiger partial charge in [0.05, 0.1) is 11.0 Å². The van der Waals surface area contributed by atoms with Crippen LogP contribution in [0.25, 0.3) is 5.76 Å². The first kappa shape index (κ1) is 31.8. The molecule has 1 aliphatic heterocycles. The molecule has 248 valence electrons. The Labute approximate surface area is 271 Å². The minimum atomic E-state index is -1.77. The SMILES string of the molecule is C[C@@H]1C(=O)C(C(N)=O)=C(O)[C@@]2(C)C(=O)C3=C(O)c4c(O)c(CNC(=O)Nc5ccc6c(c5)OCO6)cc(N(C)C)c4C[C@@]3(C)C[C@@]12C. The van der Waals surface area contributed by atoms with E-state index >= 15 is 0 Å². The van der Waals surface area contributed by atoms with Crippen LogP contribution in [0.5, 0.6) is 17.2 Å². The maximum absolute atomic E-state index is 14.6. The predicted molar refractivity (Wildman–Crippen MR) is 171 cm³/mol. The van der Waals surface area contributed by atoms with Gasteiger partial charge in [-0.2, -0.15) is 0 Å². The number of ketones is 2. The topological polar surface area (TPSA) is 201 Å². The molecular formula is C34H38N4O9. The number of allylic oxidation sites excluding steroid dienone is 2. The van der Waals surface area contributed by atoms with Crippen LogP contribution < -0.4 is 30.7 Å². The zero-order valence-corrected chi connectivity index (χ0v) is 27.0. The first-order valence-electron chi connectivity index (χ1n) is 15.2. The number of primary amides is 1. The number of rotatable bonds is 5. The number of nitrogens with zero attached hydrogens (tertiary/aromatic N) is 1. The number of amides is 3. The molecule has 4 aliphatic rings. The summed E-state index contributed by atoms with van der Waals surface area (Å²) in [7, 11) is 3.60. The number of carbonyl (C=O) groups is 4. The monoisotopic (exact) mass is 646 g/mol. The summed E-state index contributed by atoms with van der Waals surface area (Å²) in [5.74, 6) is -3.72. The van der Waals surface area contributed by atoms with Gasteiger partial charge in [0.25, 0.3) is 5.91 Å². The molecule has 0 saturated heterocycles. The smallest absolute Gasteiger partial charge is 0.319 e. The highest BCUT2D eigenvalue weighted by Gasteiger charge is 2.69. The zero-order valence-electron chi connectivity index (χ0n) is 27.0. The number of phenolic OH excluding ortho intramolecular Hbond substituents is 1. The fourth-order valence-electron chi connectivity index (χ4n) is 8.04. The third kappa shape index (κ3) is 4.35.